The van der Waals surface area contributed by atoms with Crippen LogP contribution >= 0.6 is 22.9 Å². The van der Waals surface area contributed by atoms with Gasteiger partial charge in [0.2, 0.25) is 5.91 Å². The van der Waals surface area contributed by atoms with Crippen LogP contribution < -0.4 is 4.74 Å². The normalized spacial score (nSPS) is 16.2. The number of hydrogen-bond acceptors (Lipinski definition) is 6. The van der Waals surface area contributed by atoms with Gasteiger partial charge in [-0.1, -0.05) is 23.6 Å². The van der Waals surface area contributed by atoms with Gasteiger partial charge in [-0.2, -0.15) is 0 Å². The Bertz CT molecular complexity index is 956. The molecule has 0 aliphatic carbocycles. The molecule has 2 aromatic rings. The molecule has 1 amide bonds. The van der Waals surface area contributed by atoms with E-state index in [4.69, 9.17) is 27.5 Å². The molecule has 6 nitrogen and oxygen atoms in total. The number of aliphatic hydroxyl groups is 1. The monoisotopic (exact) mass is 488 g/mol. The first-order valence-corrected chi connectivity index (χ1v) is 12.0. The predicted molar refractivity (Wildman–Crippen MR) is 132 cm³/mol. The van der Waals surface area contributed by atoms with E-state index in [1.54, 1.807) is 29.5 Å². The van der Waals surface area contributed by atoms with E-state index in [1.807, 2.05) is 21.9 Å². The zero-order valence-electron chi connectivity index (χ0n) is 18.5. The van der Waals surface area contributed by atoms with Gasteiger partial charge in [-0.15, -0.1) is 24.3 Å². The van der Waals surface area contributed by atoms with E-state index in [9.17, 15) is 9.90 Å². The molecule has 0 saturated heterocycles. The Morgan fingerprint density at radius 3 is 2.94 bits per heavy atom. The summed E-state index contributed by atoms with van der Waals surface area (Å²) < 4.78 is 11.2. The van der Waals surface area contributed by atoms with Gasteiger partial charge in [0.15, 0.2) is 0 Å². The first-order valence-electron chi connectivity index (χ1n) is 10.8. The van der Waals surface area contributed by atoms with Crippen LogP contribution in [0, 0.1) is 12.3 Å². The summed E-state index contributed by atoms with van der Waals surface area (Å²) in [4.78, 5) is 18.4. The summed E-state index contributed by atoms with van der Waals surface area (Å²) in [6, 6.07) is 9.09. The van der Waals surface area contributed by atoms with E-state index in [-0.39, 0.29) is 38.3 Å². The van der Waals surface area contributed by atoms with Crippen molar-refractivity contribution in [3.8, 4) is 18.1 Å². The molecular formula is C25H29ClN2O4S. The zero-order chi connectivity index (χ0) is 23.6. The van der Waals surface area contributed by atoms with Crippen molar-refractivity contribution >= 4 is 28.8 Å². The number of rotatable bonds is 12. The van der Waals surface area contributed by atoms with E-state index in [2.05, 4.69) is 23.9 Å². The second kappa shape index (κ2) is 12.8. The van der Waals surface area contributed by atoms with Gasteiger partial charge in [0.05, 0.1) is 25.3 Å². The summed E-state index contributed by atoms with van der Waals surface area (Å²) in [6.07, 6.45) is 6.96. The topological polar surface area (TPSA) is 62.2 Å². The molecule has 1 N–H and O–H groups in total. The maximum atomic E-state index is 13.4. The second-order valence-electron chi connectivity index (χ2n) is 7.77. The third-order valence-electron chi connectivity index (χ3n) is 5.35. The molecule has 1 aliphatic heterocycles. The first kappa shape index (κ1) is 25.3. The largest absolute Gasteiger partial charge is 0.491 e. The third-order valence-corrected chi connectivity index (χ3v) is 6.60. The second-order valence-corrected chi connectivity index (χ2v) is 9.21. The van der Waals surface area contributed by atoms with Gasteiger partial charge >= 0.3 is 0 Å². The number of amides is 1. The fourth-order valence-corrected chi connectivity index (χ4v) is 4.91. The van der Waals surface area contributed by atoms with E-state index in [0.717, 1.165) is 12.0 Å². The number of terminal acetylenes is 1. The highest BCUT2D eigenvalue weighted by Gasteiger charge is 2.33. The average Bonchev–Trinajstić information content (AvgIpc) is 3.28. The van der Waals surface area contributed by atoms with Gasteiger partial charge in [-0.25, -0.2) is 0 Å². The van der Waals surface area contributed by atoms with Gasteiger partial charge in [0.25, 0.3) is 0 Å². The van der Waals surface area contributed by atoms with Crippen molar-refractivity contribution in [2.75, 3.05) is 46.0 Å². The van der Waals surface area contributed by atoms with Crippen molar-refractivity contribution in [3.63, 3.8) is 0 Å². The lowest BCUT2D eigenvalue weighted by Crippen LogP contribution is -2.48. The molecule has 0 spiro atoms. The molecule has 0 saturated carbocycles. The third kappa shape index (κ3) is 7.32. The molecule has 8 heteroatoms. The molecule has 1 aromatic heterocycles. The minimum atomic E-state index is -0.750. The number of ether oxygens (including phenoxy) is 2. The Morgan fingerprint density at radius 1 is 1.42 bits per heavy atom. The summed E-state index contributed by atoms with van der Waals surface area (Å²) in [5.74, 6) is 3.06. The molecule has 0 radical (unpaired) electrons. The van der Waals surface area contributed by atoms with Crippen molar-refractivity contribution in [1.29, 1.82) is 0 Å². The first-order chi connectivity index (χ1) is 16.0. The van der Waals surface area contributed by atoms with Gasteiger partial charge in [-0.05, 0) is 47.7 Å². The van der Waals surface area contributed by atoms with E-state index in [1.165, 1.54) is 4.88 Å². The van der Waals surface area contributed by atoms with Crippen LogP contribution in [0.2, 0.25) is 5.02 Å². The Labute approximate surface area is 204 Å². The van der Waals surface area contributed by atoms with Crippen molar-refractivity contribution in [3.05, 3.63) is 63.8 Å². The minimum absolute atomic E-state index is 0.0184. The molecule has 0 fully saturated rings. The molecule has 0 bridgehead atoms. The highest BCUT2D eigenvalue weighted by molar-refractivity contribution is 7.10. The van der Waals surface area contributed by atoms with E-state index >= 15 is 0 Å². The quantitative estimate of drug-likeness (QED) is 0.282. The number of carbonyl (C=O) groups excluding carboxylic acids is 1. The molecule has 0 unspecified atom stereocenters. The lowest BCUT2D eigenvalue weighted by molar-refractivity contribution is -0.136. The summed E-state index contributed by atoms with van der Waals surface area (Å²) in [6.45, 7) is 5.92. The Hall–Kier alpha value is -2.34. The zero-order valence-corrected chi connectivity index (χ0v) is 20.1. The van der Waals surface area contributed by atoms with Crippen molar-refractivity contribution < 1.29 is 19.4 Å². The summed E-state index contributed by atoms with van der Waals surface area (Å²) in [5, 5.41) is 13.0. The maximum absolute atomic E-state index is 13.4. The van der Waals surface area contributed by atoms with Crippen LogP contribution in [0.25, 0.3) is 0 Å². The van der Waals surface area contributed by atoms with Crippen LogP contribution in [-0.4, -0.2) is 72.9 Å². The van der Waals surface area contributed by atoms with Gasteiger partial charge in [0.1, 0.15) is 19.0 Å². The summed E-state index contributed by atoms with van der Waals surface area (Å²) >= 11 is 7.68. The average molecular weight is 489 g/mol. The maximum Gasteiger partial charge on any atom is 0.237 e. The van der Waals surface area contributed by atoms with Crippen LogP contribution in [0.15, 0.2) is 48.4 Å². The standard InChI is InChI=1S/C25H29ClN2O4S/c1-3-11-27(15-20(29)17-31-13-4-2)16-25(30)28-12-9-24-22(10-14-33-24)23(28)18-32-21-7-5-19(26)6-8-21/h2-3,5-8,10,14,20,23,29H,1,9,11-13,15-18H2/t20-,23-/m0/s1. The van der Waals surface area contributed by atoms with E-state index in [0.29, 0.717) is 30.5 Å². The van der Waals surface area contributed by atoms with Crippen LogP contribution in [0.4, 0.5) is 0 Å². The molecule has 2 heterocycles. The Balaban J connectivity index is 1.67. The fraction of sp³-hybridized carbons (Fsp3) is 0.400. The number of fused-ring (bicyclic) bond motifs is 1. The number of carbonyl (C=O) groups is 1. The van der Waals surface area contributed by atoms with Crippen LogP contribution in [0.1, 0.15) is 16.5 Å². The molecular weight excluding hydrogens is 460 g/mol. The number of thiophene rings is 1. The Morgan fingerprint density at radius 2 is 2.21 bits per heavy atom. The highest BCUT2D eigenvalue weighted by Crippen LogP contribution is 2.34. The van der Waals surface area contributed by atoms with Crippen molar-refractivity contribution in [2.24, 2.45) is 0 Å². The van der Waals surface area contributed by atoms with Crippen molar-refractivity contribution in [1.82, 2.24) is 9.80 Å². The number of hydrogen-bond donors (Lipinski definition) is 1. The summed E-state index contributed by atoms with van der Waals surface area (Å²) in [5.41, 5.74) is 1.13. The number of benzene rings is 1. The summed E-state index contributed by atoms with van der Waals surface area (Å²) in [7, 11) is 0. The molecule has 1 aliphatic rings. The van der Waals surface area contributed by atoms with Crippen molar-refractivity contribution in [2.45, 2.75) is 18.6 Å². The predicted octanol–water partition coefficient (Wildman–Crippen LogP) is 3.41. The molecule has 2 atom stereocenters. The van der Waals surface area contributed by atoms with E-state index < -0.39 is 6.10 Å². The van der Waals surface area contributed by atoms with Gasteiger partial charge in [0, 0.05) is 29.5 Å². The van der Waals surface area contributed by atoms with Crippen LogP contribution in [0.5, 0.6) is 5.75 Å². The smallest absolute Gasteiger partial charge is 0.237 e. The van der Waals surface area contributed by atoms with Crippen LogP contribution in [-0.2, 0) is 16.0 Å². The Kier molecular flexibility index (Phi) is 9.79. The number of aliphatic hydroxyl groups excluding tert-OH is 1. The minimum Gasteiger partial charge on any atom is -0.491 e. The highest BCUT2D eigenvalue weighted by atomic mass is 35.5. The number of nitrogens with zero attached hydrogens (tertiary/aromatic N) is 2. The van der Waals surface area contributed by atoms with Gasteiger partial charge < -0.3 is 19.5 Å². The molecule has 176 valence electrons. The molecule has 33 heavy (non-hydrogen) atoms. The SMILES string of the molecule is C#CCOC[C@@H](O)CN(CC=C)CC(=O)N1CCc2sccc2[C@@H]1COc1ccc(Cl)cc1. The van der Waals surface area contributed by atoms with Gasteiger partial charge in [-0.3, -0.25) is 9.69 Å². The molecule has 1 aromatic carbocycles. The fourth-order valence-electron chi connectivity index (χ4n) is 3.85. The lowest BCUT2D eigenvalue weighted by atomic mass is 10.0. The molecule has 3 rings (SSSR count). The van der Waals surface area contributed by atoms with Crippen LogP contribution in [0.3, 0.4) is 0 Å². The lowest BCUT2D eigenvalue weighted by Gasteiger charge is -2.37. The number of halogens is 1.